The third-order valence-corrected chi connectivity index (χ3v) is 6.70. The Balaban J connectivity index is 1.77. The Kier molecular flexibility index (Phi) is 4.48. The Bertz CT molecular complexity index is 1460. The van der Waals surface area contributed by atoms with Crippen LogP contribution in [0.3, 0.4) is 0 Å². The lowest BCUT2D eigenvalue weighted by molar-refractivity contribution is -0.384. The lowest BCUT2D eigenvalue weighted by atomic mass is 9.81. The lowest BCUT2D eigenvalue weighted by Gasteiger charge is -2.44. The Labute approximate surface area is 185 Å². The minimum atomic E-state index is -1.24. The normalized spacial score (nSPS) is 23.4. The number of benzene rings is 2. The minimum absolute atomic E-state index is 0.0682. The van der Waals surface area contributed by atoms with E-state index in [1.807, 2.05) is 18.2 Å². The van der Waals surface area contributed by atoms with E-state index in [-0.39, 0.29) is 11.2 Å². The van der Waals surface area contributed by atoms with Crippen molar-refractivity contribution in [1.29, 1.82) is 0 Å². The molecule has 0 saturated carbocycles. The summed E-state index contributed by atoms with van der Waals surface area (Å²) in [5, 5.41) is 11.1. The number of methoxy groups -OCH3 is 1. The van der Waals surface area contributed by atoms with E-state index in [0.717, 1.165) is 11.3 Å². The molecule has 1 aromatic heterocycles. The molecule has 0 amide bonds. The molecular weight excluding hydrogens is 434 g/mol. The van der Waals surface area contributed by atoms with E-state index < -0.39 is 28.6 Å². The summed E-state index contributed by atoms with van der Waals surface area (Å²) in [4.78, 5) is 41.9. The van der Waals surface area contributed by atoms with Crippen LogP contribution in [-0.4, -0.2) is 28.3 Å². The first-order valence-electron chi connectivity index (χ1n) is 9.75. The van der Waals surface area contributed by atoms with Gasteiger partial charge in [0.2, 0.25) is 5.72 Å². The second kappa shape index (κ2) is 7.13. The topological polar surface area (TPSA) is 113 Å². The molecule has 2 bridgehead atoms. The molecular formula is C22H17N3O6S. The molecule has 0 radical (unpaired) electrons. The van der Waals surface area contributed by atoms with Crippen LogP contribution in [0.4, 0.5) is 5.69 Å². The summed E-state index contributed by atoms with van der Waals surface area (Å²) >= 11 is 1.15. The van der Waals surface area contributed by atoms with Crippen LogP contribution in [0.5, 0.6) is 5.75 Å². The van der Waals surface area contributed by atoms with E-state index in [0.29, 0.717) is 26.2 Å². The quantitative estimate of drug-likeness (QED) is 0.341. The van der Waals surface area contributed by atoms with Gasteiger partial charge in [-0.3, -0.25) is 24.3 Å². The van der Waals surface area contributed by atoms with Gasteiger partial charge >= 0.3 is 5.97 Å². The molecule has 2 aliphatic rings. The second-order valence-electron chi connectivity index (χ2n) is 7.67. The summed E-state index contributed by atoms with van der Waals surface area (Å²) in [6, 6.07) is 12.6. The van der Waals surface area contributed by atoms with Crippen molar-refractivity contribution < 1.29 is 19.2 Å². The predicted octanol–water partition coefficient (Wildman–Crippen LogP) is 1.77. The van der Waals surface area contributed by atoms with Gasteiger partial charge in [-0.05, 0) is 24.6 Å². The number of para-hydroxylation sites is 1. The first kappa shape index (κ1) is 20.1. The fraction of sp³-hybridized carbons (Fsp3) is 0.227. The summed E-state index contributed by atoms with van der Waals surface area (Å²) in [7, 11) is 1.29. The Hall–Kier alpha value is -3.79. The third-order valence-electron chi connectivity index (χ3n) is 5.71. The van der Waals surface area contributed by atoms with Gasteiger partial charge in [0, 0.05) is 17.7 Å². The van der Waals surface area contributed by atoms with Crippen LogP contribution in [0, 0.1) is 16.0 Å². The van der Waals surface area contributed by atoms with E-state index in [4.69, 9.17) is 9.47 Å². The van der Waals surface area contributed by atoms with Crippen molar-refractivity contribution in [2.75, 3.05) is 7.11 Å². The number of carbonyl (C=O) groups excluding carboxylic acids is 1. The molecule has 32 heavy (non-hydrogen) atoms. The van der Waals surface area contributed by atoms with Gasteiger partial charge in [0.05, 0.1) is 22.6 Å². The molecule has 0 spiro atoms. The van der Waals surface area contributed by atoms with Gasteiger partial charge in [0.1, 0.15) is 11.7 Å². The van der Waals surface area contributed by atoms with Gasteiger partial charge < -0.3 is 9.47 Å². The maximum atomic E-state index is 13.5. The number of nitro groups is 1. The van der Waals surface area contributed by atoms with E-state index in [1.54, 1.807) is 31.2 Å². The second-order valence-corrected chi connectivity index (χ2v) is 8.68. The van der Waals surface area contributed by atoms with Crippen molar-refractivity contribution in [3.05, 3.63) is 89.5 Å². The van der Waals surface area contributed by atoms with Gasteiger partial charge in [-0.2, -0.15) is 0 Å². The van der Waals surface area contributed by atoms with Crippen molar-refractivity contribution in [2.24, 2.45) is 10.9 Å². The Morgan fingerprint density at radius 2 is 2.09 bits per heavy atom. The largest absolute Gasteiger partial charge is 0.469 e. The number of nitro benzene ring substituents is 1. The number of rotatable bonds is 3. The van der Waals surface area contributed by atoms with E-state index in [2.05, 4.69) is 4.99 Å². The van der Waals surface area contributed by atoms with Gasteiger partial charge in [0.15, 0.2) is 4.80 Å². The molecule has 0 N–H and O–H groups in total. The van der Waals surface area contributed by atoms with Crippen LogP contribution in [0.25, 0.3) is 6.08 Å². The summed E-state index contributed by atoms with van der Waals surface area (Å²) in [5.41, 5.74) is -0.435. The number of aromatic nitrogens is 1. The number of thiazole rings is 1. The average Bonchev–Trinajstić information content (AvgIpc) is 3.06. The highest BCUT2D eigenvalue weighted by Gasteiger charge is 2.55. The first-order valence-corrected chi connectivity index (χ1v) is 10.6. The van der Waals surface area contributed by atoms with E-state index in [9.17, 15) is 19.7 Å². The molecule has 162 valence electrons. The molecule has 2 aromatic carbocycles. The standard InChI is InChI=1S/C22H17N3O6S/c1-22-17(20(27)30-2)18(14-8-3-4-9-15(14)31-22)24-19(26)16(32-21(24)23-22)11-12-6-5-7-13(10-12)25(28)29/h3-11,17-18H,1-2H3. The average molecular weight is 451 g/mol. The molecule has 0 fully saturated rings. The van der Waals surface area contributed by atoms with Crippen molar-refractivity contribution in [1.82, 2.24) is 4.57 Å². The van der Waals surface area contributed by atoms with Crippen LogP contribution < -0.4 is 19.6 Å². The molecule has 10 heteroatoms. The van der Waals surface area contributed by atoms with Gasteiger partial charge in [-0.1, -0.05) is 41.7 Å². The molecule has 3 aromatic rings. The zero-order chi connectivity index (χ0) is 22.6. The fourth-order valence-corrected chi connectivity index (χ4v) is 5.41. The number of nitrogens with zero attached hydrogens (tertiary/aromatic N) is 3. The predicted molar refractivity (Wildman–Crippen MR) is 115 cm³/mol. The lowest BCUT2D eigenvalue weighted by Crippen LogP contribution is -2.58. The molecule has 3 heterocycles. The van der Waals surface area contributed by atoms with Crippen molar-refractivity contribution in [3.8, 4) is 5.75 Å². The SMILES string of the molecule is COC(=O)C1C2c3ccccc3OC1(C)N=c1sc(=Cc3cccc([N+](=O)[O-])c3)c(=O)n12. The summed E-state index contributed by atoms with van der Waals surface area (Å²) in [6.07, 6.45) is 1.59. The first-order chi connectivity index (χ1) is 15.3. The monoisotopic (exact) mass is 451 g/mol. The van der Waals surface area contributed by atoms with Crippen LogP contribution in [0.15, 0.2) is 58.3 Å². The van der Waals surface area contributed by atoms with Crippen LogP contribution in [-0.2, 0) is 9.53 Å². The zero-order valence-corrected chi connectivity index (χ0v) is 17.9. The molecule has 0 saturated heterocycles. The smallest absolute Gasteiger partial charge is 0.317 e. The molecule has 3 atom stereocenters. The molecule has 3 unspecified atom stereocenters. The number of esters is 1. The number of hydrogen-bond acceptors (Lipinski definition) is 8. The van der Waals surface area contributed by atoms with Gasteiger partial charge in [-0.25, -0.2) is 4.99 Å². The Morgan fingerprint density at radius 1 is 1.31 bits per heavy atom. The number of non-ortho nitro benzene ring substituents is 1. The highest BCUT2D eigenvalue weighted by Crippen LogP contribution is 2.47. The van der Waals surface area contributed by atoms with Gasteiger partial charge in [-0.15, -0.1) is 0 Å². The highest BCUT2D eigenvalue weighted by atomic mass is 32.1. The molecule has 2 aliphatic heterocycles. The van der Waals surface area contributed by atoms with E-state index >= 15 is 0 Å². The molecule has 0 aliphatic carbocycles. The van der Waals surface area contributed by atoms with Crippen molar-refractivity contribution in [2.45, 2.75) is 18.7 Å². The molecule has 5 rings (SSSR count). The highest BCUT2D eigenvalue weighted by molar-refractivity contribution is 7.07. The van der Waals surface area contributed by atoms with Crippen molar-refractivity contribution in [3.63, 3.8) is 0 Å². The van der Waals surface area contributed by atoms with E-state index in [1.165, 1.54) is 23.8 Å². The van der Waals surface area contributed by atoms with Crippen molar-refractivity contribution >= 4 is 29.1 Å². The minimum Gasteiger partial charge on any atom is -0.469 e. The maximum absolute atomic E-state index is 13.5. The Morgan fingerprint density at radius 3 is 2.84 bits per heavy atom. The number of fused-ring (bicyclic) bond motifs is 6. The zero-order valence-electron chi connectivity index (χ0n) is 17.1. The maximum Gasteiger partial charge on any atom is 0.317 e. The summed E-state index contributed by atoms with van der Waals surface area (Å²) in [6.45, 7) is 1.70. The third kappa shape index (κ3) is 2.94. The fourth-order valence-electron chi connectivity index (χ4n) is 4.31. The summed E-state index contributed by atoms with van der Waals surface area (Å²) < 4.78 is 13.0. The van der Waals surface area contributed by atoms with Gasteiger partial charge in [0.25, 0.3) is 11.2 Å². The van der Waals surface area contributed by atoms with Crippen LogP contribution in [0.1, 0.15) is 24.1 Å². The number of ether oxygens (including phenoxy) is 2. The summed E-state index contributed by atoms with van der Waals surface area (Å²) in [5.74, 6) is -0.826. The van der Waals surface area contributed by atoms with Crippen LogP contribution in [0.2, 0.25) is 0 Å². The number of hydrogen-bond donors (Lipinski definition) is 0. The number of carbonyl (C=O) groups is 1. The van der Waals surface area contributed by atoms with Crippen LogP contribution >= 0.6 is 11.3 Å². The molecule has 9 nitrogen and oxygen atoms in total.